The fourth-order valence-corrected chi connectivity index (χ4v) is 4.63. The Balaban J connectivity index is 1.62. The van der Waals surface area contributed by atoms with E-state index in [1.165, 1.54) is 28.1 Å². The van der Waals surface area contributed by atoms with Gasteiger partial charge in [0.05, 0.1) is 13.1 Å². The van der Waals surface area contributed by atoms with Crippen LogP contribution < -0.4 is 10.5 Å². The zero-order valence-corrected chi connectivity index (χ0v) is 14.5. The Morgan fingerprint density at radius 3 is 2.76 bits per heavy atom. The van der Waals surface area contributed by atoms with Gasteiger partial charge in [0.1, 0.15) is 12.4 Å². The van der Waals surface area contributed by atoms with Gasteiger partial charge in [0.25, 0.3) is 5.56 Å². The van der Waals surface area contributed by atoms with Crippen molar-refractivity contribution in [3.05, 3.63) is 75.5 Å². The molecule has 0 spiro atoms. The largest absolute Gasteiger partial charge is 0.330 e. The summed E-state index contributed by atoms with van der Waals surface area (Å²) in [6, 6.07) is 10.5. The van der Waals surface area contributed by atoms with Gasteiger partial charge >= 0.3 is 0 Å². The minimum Gasteiger partial charge on any atom is -0.330 e. The van der Waals surface area contributed by atoms with Crippen molar-refractivity contribution < 1.29 is 9.29 Å². The third-order valence-corrected chi connectivity index (χ3v) is 5.53. The Kier molecular flexibility index (Phi) is 4.30. The number of hydrogen-bond acceptors (Lipinski definition) is 1. The van der Waals surface area contributed by atoms with Crippen LogP contribution in [-0.4, -0.2) is 17.7 Å². The molecule has 4 rings (SSSR count). The number of allylic oxidation sites excluding steroid dienone is 1. The Morgan fingerprint density at radius 2 is 2.00 bits per heavy atom. The summed E-state index contributed by atoms with van der Waals surface area (Å²) in [6.07, 6.45) is 5.32. The van der Waals surface area contributed by atoms with Crippen LogP contribution >= 0.6 is 0 Å². The number of halogens is 1. The maximum absolute atomic E-state index is 13.1. The van der Waals surface area contributed by atoms with Crippen molar-refractivity contribution in [1.29, 1.82) is 0 Å². The third-order valence-electron chi connectivity index (χ3n) is 5.53. The molecule has 130 valence electrons. The van der Waals surface area contributed by atoms with Crippen molar-refractivity contribution in [3.8, 4) is 0 Å². The minimum absolute atomic E-state index is 0.125. The van der Waals surface area contributed by atoms with Gasteiger partial charge in [0.15, 0.2) is 0 Å². The molecule has 0 amide bonds. The van der Waals surface area contributed by atoms with Crippen molar-refractivity contribution in [2.24, 2.45) is 5.92 Å². The molecule has 3 atom stereocenters. The van der Waals surface area contributed by atoms with Crippen LogP contribution in [0.2, 0.25) is 0 Å². The van der Waals surface area contributed by atoms with E-state index in [0.717, 1.165) is 26.2 Å². The van der Waals surface area contributed by atoms with E-state index in [1.54, 1.807) is 18.2 Å². The van der Waals surface area contributed by atoms with E-state index in [9.17, 15) is 9.18 Å². The van der Waals surface area contributed by atoms with Gasteiger partial charge in [-0.05, 0) is 37.1 Å². The van der Waals surface area contributed by atoms with Crippen LogP contribution in [0.5, 0.6) is 0 Å². The van der Waals surface area contributed by atoms with E-state index in [1.807, 2.05) is 35.8 Å². The first-order chi connectivity index (χ1) is 12.1. The number of nitrogens with zero attached hydrogens (tertiary/aromatic N) is 1. The average molecular weight is 339 g/mol. The predicted molar refractivity (Wildman–Crippen MR) is 97.1 cm³/mol. The summed E-state index contributed by atoms with van der Waals surface area (Å²) >= 11 is 0. The second-order valence-electron chi connectivity index (χ2n) is 7.38. The molecule has 1 saturated heterocycles. The molecule has 1 fully saturated rings. The maximum atomic E-state index is 13.1. The van der Waals surface area contributed by atoms with Gasteiger partial charge in [-0.15, -0.1) is 0 Å². The molecule has 0 aliphatic carbocycles. The minimum atomic E-state index is -0.182. The lowest BCUT2D eigenvalue weighted by molar-refractivity contribution is -0.924. The molecule has 2 aliphatic heterocycles. The van der Waals surface area contributed by atoms with Crippen molar-refractivity contribution in [3.63, 3.8) is 0 Å². The standard InChI is InChI=1S/C21H23FN2O/c1-2-3-17-6-9-20(25)24-13-16-10-18(21(17)24)14-23(12-16)11-15-4-7-19(22)8-5-15/h2-9,16,18H,10-14H2,1H3/p+1/b3-2+/t16-,18+/m0/s1. The number of quaternary nitrogens is 1. The summed E-state index contributed by atoms with van der Waals surface area (Å²) < 4.78 is 15.1. The molecule has 3 nitrogen and oxygen atoms in total. The highest BCUT2D eigenvalue weighted by Crippen LogP contribution is 2.33. The van der Waals surface area contributed by atoms with Crippen molar-refractivity contribution in [2.45, 2.75) is 32.4 Å². The molecular formula is C21H24FN2O+. The van der Waals surface area contributed by atoms with Crippen molar-refractivity contribution in [2.75, 3.05) is 13.1 Å². The molecule has 0 radical (unpaired) electrons. The Bertz CT molecular complexity index is 853. The Labute approximate surface area is 147 Å². The SMILES string of the molecule is C/C=C/c1ccc(=O)n2c1[C@@H]1C[C@H](C2)C[NH+](Cc2ccc(F)cc2)C1. The summed E-state index contributed by atoms with van der Waals surface area (Å²) in [6.45, 7) is 5.86. The Hall–Kier alpha value is -2.20. The van der Waals surface area contributed by atoms with Crippen LogP contribution in [0.3, 0.4) is 0 Å². The second kappa shape index (κ2) is 6.60. The van der Waals surface area contributed by atoms with E-state index >= 15 is 0 Å². The van der Waals surface area contributed by atoms with Crippen molar-refractivity contribution in [1.82, 2.24) is 4.57 Å². The molecule has 1 aromatic carbocycles. The van der Waals surface area contributed by atoms with Gasteiger partial charge in [-0.1, -0.05) is 24.3 Å². The van der Waals surface area contributed by atoms with Crippen LogP contribution in [0.15, 0.2) is 47.3 Å². The van der Waals surface area contributed by atoms with Gasteiger partial charge in [0, 0.05) is 35.7 Å². The molecule has 0 saturated carbocycles. The van der Waals surface area contributed by atoms with E-state index < -0.39 is 0 Å². The fourth-order valence-electron chi connectivity index (χ4n) is 4.63. The number of likely N-dealkylation sites (tertiary alicyclic amines) is 1. The number of benzene rings is 1. The smallest absolute Gasteiger partial charge is 0.250 e. The third kappa shape index (κ3) is 3.19. The normalized spacial score (nSPS) is 25.1. The van der Waals surface area contributed by atoms with Crippen LogP contribution in [0, 0.1) is 11.7 Å². The number of nitrogens with one attached hydrogen (secondary N) is 1. The lowest BCUT2D eigenvalue weighted by atomic mass is 9.81. The number of pyridine rings is 1. The van der Waals surface area contributed by atoms with Crippen LogP contribution in [0.25, 0.3) is 6.08 Å². The highest BCUT2D eigenvalue weighted by molar-refractivity contribution is 5.53. The lowest BCUT2D eigenvalue weighted by Crippen LogP contribution is -3.13. The average Bonchev–Trinajstić information content (AvgIpc) is 2.59. The van der Waals surface area contributed by atoms with Gasteiger partial charge < -0.3 is 9.47 Å². The first-order valence-corrected chi connectivity index (χ1v) is 9.08. The monoisotopic (exact) mass is 339 g/mol. The van der Waals surface area contributed by atoms with Gasteiger partial charge in [-0.3, -0.25) is 4.79 Å². The number of rotatable bonds is 3. The molecule has 2 bridgehead atoms. The van der Waals surface area contributed by atoms with E-state index in [2.05, 4.69) is 6.08 Å². The summed E-state index contributed by atoms with van der Waals surface area (Å²) in [7, 11) is 0. The number of fused-ring (bicyclic) bond motifs is 4. The summed E-state index contributed by atoms with van der Waals surface area (Å²) in [5.74, 6) is 0.780. The molecule has 1 aromatic heterocycles. The van der Waals surface area contributed by atoms with E-state index in [0.29, 0.717) is 11.8 Å². The fraction of sp³-hybridized carbons (Fsp3) is 0.381. The second-order valence-corrected chi connectivity index (χ2v) is 7.38. The van der Waals surface area contributed by atoms with Gasteiger partial charge in [-0.2, -0.15) is 0 Å². The predicted octanol–water partition coefficient (Wildman–Crippen LogP) is 2.22. The quantitative estimate of drug-likeness (QED) is 0.912. The molecule has 2 aliphatic rings. The first-order valence-electron chi connectivity index (χ1n) is 9.08. The molecule has 2 aromatic rings. The zero-order valence-electron chi connectivity index (χ0n) is 14.5. The molecular weight excluding hydrogens is 315 g/mol. The molecule has 3 heterocycles. The highest BCUT2D eigenvalue weighted by Gasteiger charge is 2.38. The van der Waals surface area contributed by atoms with E-state index in [4.69, 9.17) is 0 Å². The Morgan fingerprint density at radius 1 is 1.20 bits per heavy atom. The number of hydrogen-bond donors (Lipinski definition) is 1. The summed E-state index contributed by atoms with van der Waals surface area (Å²) in [5.41, 5.74) is 3.68. The highest BCUT2D eigenvalue weighted by atomic mass is 19.1. The number of piperidine rings is 1. The molecule has 25 heavy (non-hydrogen) atoms. The van der Waals surface area contributed by atoms with Crippen LogP contribution in [-0.2, 0) is 13.1 Å². The molecule has 4 heteroatoms. The number of aromatic nitrogens is 1. The first kappa shape index (κ1) is 16.3. The topological polar surface area (TPSA) is 26.4 Å². The van der Waals surface area contributed by atoms with Crippen LogP contribution in [0.4, 0.5) is 4.39 Å². The summed E-state index contributed by atoms with van der Waals surface area (Å²) in [5, 5.41) is 0. The lowest BCUT2D eigenvalue weighted by Gasteiger charge is -2.41. The maximum Gasteiger partial charge on any atom is 0.250 e. The summed E-state index contributed by atoms with van der Waals surface area (Å²) in [4.78, 5) is 13.9. The van der Waals surface area contributed by atoms with Gasteiger partial charge in [0.2, 0.25) is 0 Å². The molecule has 1 unspecified atom stereocenters. The van der Waals surface area contributed by atoms with Gasteiger partial charge in [-0.25, -0.2) is 4.39 Å². The van der Waals surface area contributed by atoms with E-state index in [-0.39, 0.29) is 11.4 Å². The van der Waals surface area contributed by atoms with Crippen LogP contribution in [0.1, 0.15) is 36.1 Å². The zero-order chi connectivity index (χ0) is 17.4. The van der Waals surface area contributed by atoms with Crippen molar-refractivity contribution >= 4 is 6.08 Å². The molecule has 1 N–H and O–H groups in total.